The molecule has 2 aromatic carbocycles. The van der Waals surface area contributed by atoms with Gasteiger partial charge in [0.1, 0.15) is 11.4 Å². The van der Waals surface area contributed by atoms with E-state index in [0.717, 1.165) is 28.3 Å². The molecule has 0 aliphatic rings. The van der Waals surface area contributed by atoms with Crippen molar-refractivity contribution in [3.05, 3.63) is 59.7 Å². The minimum atomic E-state index is -0.995. The number of carboxylic acids is 1. The number of methoxy groups -OCH3 is 1. The van der Waals surface area contributed by atoms with Crippen LogP contribution in [0.25, 0.3) is 17.2 Å². The molecule has 0 spiro atoms. The zero-order valence-electron chi connectivity index (χ0n) is 16.5. The smallest absolute Gasteiger partial charge is 0.407 e. The van der Waals surface area contributed by atoms with Crippen LogP contribution in [0.5, 0.6) is 5.75 Å². The highest BCUT2D eigenvalue weighted by molar-refractivity contribution is 5.85. The fourth-order valence-electron chi connectivity index (χ4n) is 2.57. The van der Waals surface area contributed by atoms with Crippen LogP contribution in [0.4, 0.5) is 4.79 Å². The highest BCUT2D eigenvalue weighted by atomic mass is 16.6. The molecule has 0 aromatic heterocycles. The molecule has 0 aliphatic heterocycles. The first-order valence-corrected chi connectivity index (χ1v) is 8.83. The molecule has 2 aromatic rings. The summed E-state index contributed by atoms with van der Waals surface area (Å²) in [6.45, 7) is 5.67. The monoisotopic (exact) mass is 383 g/mol. The van der Waals surface area contributed by atoms with Crippen LogP contribution in [0.15, 0.2) is 48.5 Å². The Morgan fingerprint density at radius 2 is 1.82 bits per heavy atom. The lowest BCUT2D eigenvalue weighted by Gasteiger charge is -2.20. The van der Waals surface area contributed by atoms with Crippen LogP contribution < -0.4 is 10.1 Å². The average Bonchev–Trinajstić information content (AvgIpc) is 2.63. The second-order valence-electron chi connectivity index (χ2n) is 7.18. The van der Waals surface area contributed by atoms with Gasteiger partial charge in [-0.2, -0.15) is 0 Å². The molecular formula is C22H25NO5. The number of benzene rings is 2. The van der Waals surface area contributed by atoms with Gasteiger partial charge in [0.2, 0.25) is 0 Å². The molecule has 6 nitrogen and oxygen atoms in total. The highest BCUT2D eigenvalue weighted by Crippen LogP contribution is 2.27. The molecule has 1 amide bonds. The molecule has 0 saturated heterocycles. The Hall–Kier alpha value is -3.28. The molecule has 2 N–H and O–H groups in total. The first-order chi connectivity index (χ1) is 13.2. The van der Waals surface area contributed by atoms with Crippen LogP contribution in [0.1, 0.15) is 31.9 Å². The van der Waals surface area contributed by atoms with Crippen LogP contribution in [0, 0.1) is 0 Å². The minimum absolute atomic E-state index is 0.254. The predicted molar refractivity (Wildman–Crippen MR) is 108 cm³/mol. The van der Waals surface area contributed by atoms with Crippen molar-refractivity contribution in [2.24, 2.45) is 0 Å². The minimum Gasteiger partial charge on any atom is -0.496 e. The Kier molecular flexibility index (Phi) is 6.82. The van der Waals surface area contributed by atoms with Crippen LogP contribution >= 0.6 is 0 Å². The van der Waals surface area contributed by atoms with Crippen molar-refractivity contribution >= 4 is 18.1 Å². The fourth-order valence-corrected chi connectivity index (χ4v) is 2.57. The van der Waals surface area contributed by atoms with Gasteiger partial charge in [-0.15, -0.1) is 0 Å². The van der Waals surface area contributed by atoms with Crippen molar-refractivity contribution in [1.29, 1.82) is 0 Å². The number of carboxylic acid groups (broad SMARTS) is 1. The third kappa shape index (κ3) is 6.46. The summed E-state index contributed by atoms with van der Waals surface area (Å²) >= 11 is 0. The van der Waals surface area contributed by atoms with E-state index < -0.39 is 17.7 Å². The van der Waals surface area contributed by atoms with E-state index in [4.69, 9.17) is 14.6 Å². The van der Waals surface area contributed by atoms with Crippen LogP contribution in [-0.4, -0.2) is 29.9 Å². The first kappa shape index (κ1) is 21.0. The summed E-state index contributed by atoms with van der Waals surface area (Å²) in [7, 11) is 1.57. The van der Waals surface area contributed by atoms with Crippen LogP contribution in [0.3, 0.4) is 0 Å². The Morgan fingerprint density at radius 3 is 2.46 bits per heavy atom. The number of amides is 1. The number of ether oxygens (including phenoxy) is 2. The number of nitrogens with one attached hydrogen (secondary N) is 1. The van der Waals surface area contributed by atoms with E-state index in [1.54, 1.807) is 34.0 Å². The maximum Gasteiger partial charge on any atom is 0.407 e. The molecule has 0 saturated carbocycles. The summed E-state index contributed by atoms with van der Waals surface area (Å²) in [4.78, 5) is 22.6. The van der Waals surface area contributed by atoms with Gasteiger partial charge in [0, 0.05) is 18.2 Å². The van der Waals surface area contributed by atoms with Crippen molar-refractivity contribution < 1.29 is 24.2 Å². The van der Waals surface area contributed by atoms with Gasteiger partial charge in [-0.3, -0.25) is 0 Å². The normalized spacial score (nSPS) is 11.3. The molecule has 0 heterocycles. The van der Waals surface area contributed by atoms with Crippen LogP contribution in [-0.2, 0) is 16.1 Å². The molecule has 0 radical (unpaired) electrons. The molecule has 0 bridgehead atoms. The molecule has 28 heavy (non-hydrogen) atoms. The average molecular weight is 383 g/mol. The van der Waals surface area contributed by atoms with Gasteiger partial charge in [0.25, 0.3) is 0 Å². The zero-order chi connectivity index (χ0) is 20.7. The van der Waals surface area contributed by atoms with Crippen molar-refractivity contribution in [2.45, 2.75) is 32.9 Å². The van der Waals surface area contributed by atoms with Crippen molar-refractivity contribution in [1.82, 2.24) is 5.32 Å². The zero-order valence-corrected chi connectivity index (χ0v) is 16.5. The lowest BCUT2D eigenvalue weighted by molar-refractivity contribution is -0.131. The summed E-state index contributed by atoms with van der Waals surface area (Å²) in [6, 6.07) is 13.2. The second-order valence-corrected chi connectivity index (χ2v) is 7.18. The molecule has 6 heteroatoms. The maximum atomic E-state index is 11.9. The Bertz CT molecular complexity index is 881. The van der Waals surface area contributed by atoms with Gasteiger partial charge in [-0.25, -0.2) is 9.59 Å². The quantitative estimate of drug-likeness (QED) is 0.718. The van der Waals surface area contributed by atoms with Crippen molar-refractivity contribution in [2.75, 3.05) is 7.11 Å². The fraction of sp³-hybridized carbons (Fsp3) is 0.273. The largest absolute Gasteiger partial charge is 0.496 e. The summed E-state index contributed by atoms with van der Waals surface area (Å²) in [5, 5.41) is 11.5. The van der Waals surface area contributed by atoms with Crippen molar-refractivity contribution in [3.8, 4) is 16.9 Å². The molecule has 148 valence electrons. The molecule has 0 atom stereocenters. The van der Waals surface area contributed by atoms with E-state index in [-0.39, 0.29) is 6.54 Å². The Balaban J connectivity index is 2.23. The summed E-state index contributed by atoms with van der Waals surface area (Å²) in [5.74, 6) is -0.341. The first-order valence-electron chi connectivity index (χ1n) is 8.83. The van der Waals surface area contributed by atoms with Gasteiger partial charge in [0.05, 0.1) is 7.11 Å². The van der Waals surface area contributed by atoms with E-state index >= 15 is 0 Å². The summed E-state index contributed by atoms with van der Waals surface area (Å²) in [6.07, 6.45) is 2.14. The number of alkyl carbamates (subject to hydrolysis) is 1. The van der Waals surface area contributed by atoms with Gasteiger partial charge in [-0.05, 0) is 61.7 Å². The number of carbonyl (C=O) groups is 2. The van der Waals surface area contributed by atoms with E-state index in [1.165, 1.54) is 0 Å². The van der Waals surface area contributed by atoms with Gasteiger partial charge in [-0.1, -0.05) is 24.3 Å². The number of hydrogen-bond acceptors (Lipinski definition) is 4. The Labute approximate surface area is 164 Å². The molecule has 2 rings (SSSR count). The number of aliphatic carboxylic acids is 1. The lowest BCUT2D eigenvalue weighted by Crippen LogP contribution is -2.32. The van der Waals surface area contributed by atoms with Gasteiger partial charge < -0.3 is 19.9 Å². The van der Waals surface area contributed by atoms with E-state index in [0.29, 0.717) is 5.75 Å². The maximum absolute atomic E-state index is 11.9. The summed E-state index contributed by atoms with van der Waals surface area (Å²) in [5.41, 5.74) is 2.86. The number of carbonyl (C=O) groups excluding carboxylic acids is 1. The number of rotatable bonds is 6. The topological polar surface area (TPSA) is 84.9 Å². The van der Waals surface area contributed by atoms with E-state index in [2.05, 4.69) is 5.32 Å². The SMILES string of the molecule is COc1ccc(-c2cccc(C=CC(=O)O)c2)cc1CNC(=O)OC(C)(C)C. The van der Waals surface area contributed by atoms with E-state index in [1.807, 2.05) is 42.5 Å². The molecule has 0 fully saturated rings. The summed E-state index contributed by atoms with van der Waals surface area (Å²) < 4.78 is 10.7. The number of hydrogen-bond donors (Lipinski definition) is 2. The third-order valence-electron chi connectivity index (χ3n) is 3.74. The Morgan fingerprint density at radius 1 is 1.11 bits per heavy atom. The second kappa shape index (κ2) is 9.08. The third-order valence-corrected chi connectivity index (χ3v) is 3.74. The van der Waals surface area contributed by atoms with Crippen LogP contribution in [0.2, 0.25) is 0 Å². The molecule has 0 aliphatic carbocycles. The molecular weight excluding hydrogens is 358 g/mol. The van der Waals surface area contributed by atoms with E-state index in [9.17, 15) is 9.59 Å². The predicted octanol–water partition coefficient (Wildman–Crippen LogP) is 4.48. The van der Waals surface area contributed by atoms with Gasteiger partial charge >= 0.3 is 12.1 Å². The van der Waals surface area contributed by atoms with Crippen molar-refractivity contribution in [3.63, 3.8) is 0 Å². The molecule has 0 unspecified atom stereocenters. The van der Waals surface area contributed by atoms with Gasteiger partial charge in [0.15, 0.2) is 0 Å². The lowest BCUT2D eigenvalue weighted by atomic mass is 10.00. The highest BCUT2D eigenvalue weighted by Gasteiger charge is 2.16. The standard InChI is InChI=1S/C22H25NO5/c1-22(2,3)28-21(26)23-14-18-13-17(9-10-19(18)27-4)16-7-5-6-15(12-16)8-11-20(24)25/h5-13H,14H2,1-4H3,(H,23,26)(H,24,25).